The number of amidine groups is 1. The minimum atomic E-state index is -0.982. The summed E-state index contributed by atoms with van der Waals surface area (Å²) in [5.74, 6) is -0.527. The first kappa shape index (κ1) is 16.5. The van der Waals surface area contributed by atoms with E-state index in [0.29, 0.717) is 11.4 Å². The van der Waals surface area contributed by atoms with Crippen LogP contribution in [0.25, 0.3) is 0 Å². The number of carbonyl (C=O) groups is 2. The van der Waals surface area contributed by atoms with E-state index in [1.54, 1.807) is 30.3 Å². The fourth-order valence-electron chi connectivity index (χ4n) is 2.39. The van der Waals surface area contributed by atoms with Crippen molar-refractivity contribution in [2.24, 2.45) is 15.3 Å². The standard InChI is InChI=1S/C18H17N5O2/c1-12-7-6-8-14(11-12)20-21-16-17(19-13(2)24)22-23(18(16)25)15-9-4-3-5-10-15/h3-11,16H,1-2H3,(H,19,22,24). The molecule has 1 atom stereocenters. The normalized spacial score (nSPS) is 17.0. The molecule has 7 heteroatoms. The van der Waals surface area contributed by atoms with Gasteiger partial charge in [0.05, 0.1) is 11.4 Å². The van der Waals surface area contributed by atoms with Crippen molar-refractivity contribution in [2.75, 3.05) is 5.01 Å². The second-order valence-electron chi connectivity index (χ2n) is 5.61. The highest BCUT2D eigenvalue weighted by Gasteiger charge is 2.37. The lowest BCUT2D eigenvalue weighted by Gasteiger charge is -2.11. The average molecular weight is 335 g/mol. The maximum Gasteiger partial charge on any atom is 0.282 e. The Morgan fingerprint density at radius 1 is 1.16 bits per heavy atom. The summed E-state index contributed by atoms with van der Waals surface area (Å²) in [5, 5.41) is 16.2. The second-order valence-corrected chi connectivity index (χ2v) is 5.61. The highest BCUT2D eigenvalue weighted by Crippen LogP contribution is 2.22. The molecule has 2 aromatic rings. The van der Waals surface area contributed by atoms with Gasteiger partial charge in [-0.25, -0.2) is 0 Å². The molecule has 126 valence electrons. The molecule has 3 rings (SSSR count). The molecule has 1 aliphatic heterocycles. The van der Waals surface area contributed by atoms with Crippen molar-refractivity contribution in [3.05, 3.63) is 60.2 Å². The summed E-state index contributed by atoms with van der Waals surface area (Å²) in [6, 6.07) is 15.4. The highest BCUT2D eigenvalue weighted by molar-refractivity contribution is 6.21. The van der Waals surface area contributed by atoms with E-state index in [9.17, 15) is 9.59 Å². The minimum absolute atomic E-state index is 0.165. The lowest BCUT2D eigenvalue weighted by molar-refractivity contribution is -0.117. The Balaban J connectivity index is 1.90. The molecule has 0 radical (unpaired) electrons. The zero-order valence-corrected chi connectivity index (χ0v) is 13.9. The first-order valence-electron chi connectivity index (χ1n) is 7.77. The molecule has 1 N–H and O–H groups in total. The van der Waals surface area contributed by atoms with Crippen LogP contribution in [0, 0.1) is 6.92 Å². The highest BCUT2D eigenvalue weighted by atomic mass is 16.2. The molecule has 0 aromatic heterocycles. The van der Waals surface area contributed by atoms with E-state index >= 15 is 0 Å². The SMILES string of the molecule is CC(=O)NC1=NN(c2ccccc2)C(=O)C1N=Nc1cccc(C)c1. The number of hydrazone groups is 1. The third-order valence-electron chi connectivity index (χ3n) is 3.50. The van der Waals surface area contributed by atoms with Crippen molar-refractivity contribution < 1.29 is 9.59 Å². The van der Waals surface area contributed by atoms with Crippen LogP contribution < -0.4 is 10.3 Å². The van der Waals surface area contributed by atoms with Gasteiger partial charge in [0.2, 0.25) is 11.9 Å². The van der Waals surface area contributed by atoms with Crippen LogP contribution >= 0.6 is 0 Å². The fourth-order valence-corrected chi connectivity index (χ4v) is 2.39. The molecule has 0 saturated heterocycles. The van der Waals surface area contributed by atoms with E-state index in [1.807, 2.05) is 31.2 Å². The third-order valence-corrected chi connectivity index (χ3v) is 3.50. The number of benzene rings is 2. The van der Waals surface area contributed by atoms with Gasteiger partial charge >= 0.3 is 0 Å². The van der Waals surface area contributed by atoms with Crippen LogP contribution in [-0.4, -0.2) is 23.7 Å². The monoisotopic (exact) mass is 335 g/mol. The third kappa shape index (κ3) is 3.77. The average Bonchev–Trinajstić information content (AvgIpc) is 2.89. The van der Waals surface area contributed by atoms with Gasteiger partial charge in [-0.15, -0.1) is 5.10 Å². The predicted molar refractivity (Wildman–Crippen MR) is 94.7 cm³/mol. The number of carbonyl (C=O) groups excluding carboxylic acids is 2. The number of nitrogens with one attached hydrogen (secondary N) is 1. The first-order chi connectivity index (χ1) is 12.0. The van der Waals surface area contributed by atoms with Crippen LogP contribution in [0.15, 0.2) is 69.9 Å². The minimum Gasteiger partial charge on any atom is -0.311 e. The van der Waals surface area contributed by atoms with Gasteiger partial charge in [-0.05, 0) is 36.8 Å². The largest absolute Gasteiger partial charge is 0.311 e. The van der Waals surface area contributed by atoms with Gasteiger partial charge in [0.1, 0.15) is 0 Å². The van der Waals surface area contributed by atoms with E-state index in [0.717, 1.165) is 5.56 Å². The maximum absolute atomic E-state index is 12.7. The molecule has 2 aromatic carbocycles. The number of anilines is 1. The second kappa shape index (κ2) is 7.04. The predicted octanol–water partition coefficient (Wildman–Crippen LogP) is 2.94. The summed E-state index contributed by atoms with van der Waals surface area (Å²) >= 11 is 0. The number of para-hydroxylation sites is 1. The smallest absolute Gasteiger partial charge is 0.282 e. The summed E-state index contributed by atoms with van der Waals surface area (Å²) in [5.41, 5.74) is 2.27. The molecule has 1 aliphatic rings. The Morgan fingerprint density at radius 2 is 1.92 bits per heavy atom. The molecule has 0 fully saturated rings. The number of hydrogen-bond donors (Lipinski definition) is 1. The number of nitrogens with zero attached hydrogens (tertiary/aromatic N) is 4. The Morgan fingerprint density at radius 3 is 2.60 bits per heavy atom. The molecular weight excluding hydrogens is 318 g/mol. The maximum atomic E-state index is 12.7. The zero-order valence-electron chi connectivity index (χ0n) is 13.9. The number of azo groups is 1. The number of amides is 2. The van der Waals surface area contributed by atoms with E-state index in [-0.39, 0.29) is 17.6 Å². The van der Waals surface area contributed by atoms with Crippen molar-refractivity contribution in [3.8, 4) is 0 Å². The van der Waals surface area contributed by atoms with E-state index in [1.165, 1.54) is 11.9 Å². The number of aryl methyl sites for hydroxylation is 1. The Kier molecular flexibility index (Phi) is 4.65. The van der Waals surface area contributed by atoms with Crippen molar-refractivity contribution in [2.45, 2.75) is 19.9 Å². The van der Waals surface area contributed by atoms with E-state index < -0.39 is 6.04 Å². The molecule has 1 heterocycles. The molecule has 25 heavy (non-hydrogen) atoms. The summed E-state index contributed by atoms with van der Waals surface area (Å²) in [6.07, 6.45) is 0. The van der Waals surface area contributed by atoms with Crippen LogP contribution in [0.2, 0.25) is 0 Å². The van der Waals surface area contributed by atoms with Gasteiger partial charge in [-0.2, -0.15) is 15.2 Å². The zero-order chi connectivity index (χ0) is 17.8. The van der Waals surface area contributed by atoms with Crippen LogP contribution in [0.4, 0.5) is 11.4 Å². The molecular formula is C18H17N5O2. The van der Waals surface area contributed by atoms with Crippen molar-refractivity contribution in [3.63, 3.8) is 0 Å². The molecule has 7 nitrogen and oxygen atoms in total. The van der Waals surface area contributed by atoms with Crippen molar-refractivity contribution in [1.82, 2.24) is 5.32 Å². The van der Waals surface area contributed by atoms with Gasteiger partial charge in [0, 0.05) is 6.92 Å². The first-order valence-corrected chi connectivity index (χ1v) is 7.77. The Bertz CT molecular complexity index is 861. The molecule has 0 saturated carbocycles. The van der Waals surface area contributed by atoms with Gasteiger partial charge < -0.3 is 5.32 Å². The molecule has 0 aliphatic carbocycles. The lowest BCUT2D eigenvalue weighted by Crippen LogP contribution is -2.38. The van der Waals surface area contributed by atoms with Crippen LogP contribution in [0.5, 0.6) is 0 Å². The summed E-state index contributed by atoms with van der Waals surface area (Å²) in [6.45, 7) is 3.30. The summed E-state index contributed by atoms with van der Waals surface area (Å²) in [7, 11) is 0. The molecule has 0 spiro atoms. The molecule has 2 amide bonds. The molecule has 1 unspecified atom stereocenters. The van der Waals surface area contributed by atoms with E-state index in [4.69, 9.17) is 0 Å². The Hall–Kier alpha value is -3.35. The van der Waals surface area contributed by atoms with Gasteiger partial charge in [0.15, 0.2) is 5.84 Å². The topological polar surface area (TPSA) is 86.5 Å². The number of hydrogen-bond acceptors (Lipinski definition) is 5. The van der Waals surface area contributed by atoms with Crippen LogP contribution in [0.1, 0.15) is 12.5 Å². The Labute approximate surface area is 145 Å². The lowest BCUT2D eigenvalue weighted by atomic mass is 10.2. The van der Waals surface area contributed by atoms with Crippen LogP contribution in [0.3, 0.4) is 0 Å². The fraction of sp³-hybridized carbons (Fsp3) is 0.167. The number of rotatable bonds is 3. The quantitative estimate of drug-likeness (QED) is 0.874. The summed E-state index contributed by atoms with van der Waals surface area (Å²) in [4.78, 5) is 24.1. The van der Waals surface area contributed by atoms with Crippen LogP contribution in [-0.2, 0) is 9.59 Å². The van der Waals surface area contributed by atoms with E-state index in [2.05, 4.69) is 20.6 Å². The van der Waals surface area contributed by atoms with Gasteiger partial charge in [0.25, 0.3) is 5.91 Å². The van der Waals surface area contributed by atoms with Gasteiger partial charge in [-0.3, -0.25) is 9.59 Å². The summed E-state index contributed by atoms with van der Waals surface area (Å²) < 4.78 is 0. The van der Waals surface area contributed by atoms with Crippen molar-refractivity contribution in [1.29, 1.82) is 0 Å². The molecule has 0 bridgehead atoms. The van der Waals surface area contributed by atoms with Gasteiger partial charge in [-0.1, -0.05) is 30.3 Å². The van der Waals surface area contributed by atoms with Crippen molar-refractivity contribution >= 4 is 29.0 Å².